The van der Waals surface area contributed by atoms with Crippen molar-refractivity contribution < 1.29 is 48.1 Å². The molecule has 15 nitrogen and oxygen atoms in total. The Hall–Kier alpha value is -4.19. The monoisotopic (exact) mass is 930 g/mol. The van der Waals surface area contributed by atoms with E-state index < -0.39 is 56.3 Å². The summed E-state index contributed by atoms with van der Waals surface area (Å²) in [4.78, 5) is 99.6. The van der Waals surface area contributed by atoms with Crippen molar-refractivity contribution in [3.8, 4) is 5.75 Å². The van der Waals surface area contributed by atoms with Crippen LogP contribution in [0.2, 0.25) is 19.1 Å². The van der Waals surface area contributed by atoms with Crippen LogP contribution in [0.3, 0.4) is 0 Å². The summed E-state index contributed by atoms with van der Waals surface area (Å²) in [7, 11) is -0.388. The number of nitrogens with one attached hydrogen (secondary N) is 2. The minimum absolute atomic E-state index is 0.0467. The molecule has 4 N–H and O–H groups in total. The van der Waals surface area contributed by atoms with Crippen LogP contribution in [0.25, 0.3) is 0 Å². The molecular formula is C47H75N5O10SSi. The average molecular weight is 930 g/mol. The van der Waals surface area contributed by atoms with Crippen molar-refractivity contribution in [2.75, 3.05) is 20.3 Å². The predicted molar refractivity (Wildman–Crippen MR) is 250 cm³/mol. The number of aromatic hydroxyl groups is 1. The van der Waals surface area contributed by atoms with Gasteiger partial charge in [0.1, 0.15) is 28.3 Å². The Balaban J connectivity index is 1.93. The lowest BCUT2D eigenvalue weighted by atomic mass is 9.91. The van der Waals surface area contributed by atoms with Crippen LogP contribution in [0.5, 0.6) is 5.75 Å². The third-order valence-corrected chi connectivity index (χ3v) is 14.6. The van der Waals surface area contributed by atoms with E-state index in [-0.39, 0.29) is 66.5 Å². The molecule has 1 aromatic carbocycles. The first-order valence-corrected chi connectivity index (χ1v) is 27.1. The molecule has 7 atom stereocenters. The molecule has 0 aliphatic carbocycles. The van der Waals surface area contributed by atoms with Gasteiger partial charge in [-0.15, -0.1) is 11.3 Å². The third-order valence-electron chi connectivity index (χ3n) is 12.1. The molecule has 17 heteroatoms. The highest BCUT2D eigenvalue weighted by atomic mass is 32.1. The van der Waals surface area contributed by atoms with Gasteiger partial charge in [-0.3, -0.25) is 33.7 Å². The highest BCUT2D eigenvalue weighted by molar-refractivity contribution is 7.09. The Kier molecular flexibility index (Phi) is 22.1. The minimum Gasteiger partial charge on any atom is -0.508 e. The number of carbonyl (C=O) groups is 6. The number of hydrogen-bond donors (Lipinski definition) is 4. The lowest BCUT2D eigenvalue weighted by Gasteiger charge is -2.39. The summed E-state index contributed by atoms with van der Waals surface area (Å²) in [6, 6.07) is 4.82. The van der Waals surface area contributed by atoms with Gasteiger partial charge in [-0.1, -0.05) is 66.5 Å². The Morgan fingerprint density at radius 1 is 1.00 bits per heavy atom. The molecule has 2 aromatic rings. The van der Waals surface area contributed by atoms with Crippen molar-refractivity contribution in [3.05, 3.63) is 45.9 Å². The second-order valence-corrected chi connectivity index (χ2v) is 23.6. The maximum absolute atomic E-state index is 14.8. The second-order valence-electron chi connectivity index (χ2n) is 18.6. The third kappa shape index (κ3) is 17.6. The van der Waals surface area contributed by atoms with Crippen molar-refractivity contribution in [2.24, 2.45) is 17.8 Å². The molecule has 1 aliphatic heterocycles. The number of amides is 3. The molecule has 1 fully saturated rings. The van der Waals surface area contributed by atoms with E-state index in [9.17, 15) is 38.7 Å². The van der Waals surface area contributed by atoms with Gasteiger partial charge in [0.15, 0.2) is 21.2 Å². The first-order valence-electron chi connectivity index (χ1n) is 23.1. The van der Waals surface area contributed by atoms with Crippen molar-refractivity contribution >= 4 is 55.1 Å². The van der Waals surface area contributed by atoms with Crippen LogP contribution in [0.15, 0.2) is 29.6 Å². The fourth-order valence-electron chi connectivity index (χ4n) is 8.05. The molecule has 1 aliphatic rings. The van der Waals surface area contributed by atoms with Crippen LogP contribution in [0.1, 0.15) is 140 Å². The van der Waals surface area contributed by atoms with Gasteiger partial charge in [-0.05, 0) is 101 Å². The van der Waals surface area contributed by atoms with Gasteiger partial charge in [-0.25, -0.2) is 4.98 Å². The molecule has 358 valence electrons. The van der Waals surface area contributed by atoms with Crippen LogP contribution in [-0.2, 0) is 39.9 Å². The van der Waals surface area contributed by atoms with Gasteiger partial charge in [0.25, 0.3) is 5.91 Å². The number of Topliss-reactive ketones (excluding diaryl/α,β-unsaturated/α-hetero) is 1. The number of carbonyl (C=O) groups excluding carboxylic acids is 6. The number of ketones is 1. The van der Waals surface area contributed by atoms with Crippen LogP contribution in [0.4, 0.5) is 0 Å². The molecule has 1 saturated heterocycles. The number of likely N-dealkylation sites (N-methyl/N-ethyl adjacent to an activating group) is 1. The summed E-state index contributed by atoms with van der Waals surface area (Å²) in [6.45, 7) is 16.7. The van der Waals surface area contributed by atoms with Gasteiger partial charge in [-0.2, -0.15) is 0 Å². The molecule has 1 unspecified atom stereocenters. The second kappa shape index (κ2) is 26.1. The number of esters is 2. The Bertz CT molecular complexity index is 1840. The topological polar surface area (TPSA) is 205 Å². The normalized spacial score (nSPS) is 17.3. The van der Waals surface area contributed by atoms with Crippen LogP contribution >= 0.6 is 11.3 Å². The van der Waals surface area contributed by atoms with E-state index in [4.69, 9.17) is 9.47 Å². The molecule has 3 rings (SSSR count). The summed E-state index contributed by atoms with van der Waals surface area (Å²) in [5, 5.41) is 17.9. The summed E-state index contributed by atoms with van der Waals surface area (Å²) in [5.74, 6) is -2.96. The summed E-state index contributed by atoms with van der Waals surface area (Å²) in [6.07, 6.45) is 4.58. The van der Waals surface area contributed by atoms with E-state index >= 15 is 0 Å². The number of ether oxygens (including phenoxy) is 2. The number of hydrogen-bond acceptors (Lipinski definition) is 13. The molecule has 64 heavy (non-hydrogen) atoms. The molecule has 2 heterocycles. The summed E-state index contributed by atoms with van der Waals surface area (Å²) >= 11 is 1.13. The smallest absolute Gasteiger partial charge is 0.307 e. The van der Waals surface area contributed by atoms with Crippen molar-refractivity contribution in [1.29, 1.82) is 0 Å². The number of piperidine rings is 1. The molecule has 3 amide bonds. The first-order chi connectivity index (χ1) is 30.1. The molecule has 0 radical (unpaired) electrons. The van der Waals surface area contributed by atoms with E-state index in [1.54, 1.807) is 29.6 Å². The van der Waals surface area contributed by atoms with Gasteiger partial charge in [0.2, 0.25) is 11.8 Å². The number of likely N-dealkylation sites (tertiary alicyclic amines) is 1. The fourth-order valence-corrected chi connectivity index (χ4v) is 9.93. The van der Waals surface area contributed by atoms with E-state index in [1.165, 1.54) is 11.8 Å². The number of aromatic nitrogens is 1. The first kappa shape index (κ1) is 54.1. The zero-order valence-corrected chi connectivity index (χ0v) is 41.6. The van der Waals surface area contributed by atoms with E-state index in [0.717, 1.165) is 36.3 Å². The maximum atomic E-state index is 14.8. The SMILES string of the molecule is CCCC(=O)OCN(C(=O)[C@@H](NC(=O)[C@H]1CCCCN1C)C(C)CC)[C@H](C[C@@H](OC(C)=O)c1nc(C(=O)N[C@@H](Cc2ccc(O)cc2)C[C@H](C)C(=O)CCC[Si](C)(C)O)cs1)C(C)C. The minimum atomic E-state index is -2.30. The summed E-state index contributed by atoms with van der Waals surface area (Å²) < 4.78 is 11.6. The van der Waals surface area contributed by atoms with Crippen molar-refractivity contribution in [3.63, 3.8) is 0 Å². The Morgan fingerprint density at radius 3 is 2.28 bits per heavy atom. The highest BCUT2D eigenvalue weighted by Crippen LogP contribution is 2.32. The molecular weight excluding hydrogens is 855 g/mol. The molecule has 0 saturated carbocycles. The van der Waals surface area contributed by atoms with Crippen LogP contribution < -0.4 is 10.6 Å². The van der Waals surface area contributed by atoms with Crippen molar-refractivity contribution in [2.45, 2.75) is 169 Å². The molecule has 0 bridgehead atoms. The largest absolute Gasteiger partial charge is 0.508 e. The number of benzene rings is 1. The zero-order chi connectivity index (χ0) is 47.7. The maximum Gasteiger partial charge on any atom is 0.307 e. The average Bonchev–Trinajstić information content (AvgIpc) is 3.73. The number of rotatable bonds is 26. The number of phenols is 1. The summed E-state index contributed by atoms with van der Waals surface area (Å²) in [5.41, 5.74) is 0.928. The highest BCUT2D eigenvalue weighted by Gasteiger charge is 2.39. The standard InChI is InChI=1S/C47H75N5O10SSi/c1-11-16-42(56)61-29-52(47(59)43(31(5)12-2)50-45(58)38-17-13-14-23-51(38)8)39(30(3)4)27-41(62-33(7)53)46-49-37(28-63-46)44(57)48-35(26-34-19-21-36(54)22-20-34)25-32(6)40(55)18-15-24-64(9,10)60/h19-22,28,30-32,35,38-39,41,43,54,60H,11-18,23-27,29H2,1-10H3,(H,48,57)(H,50,58)/t31?,32-,35+,38+,39+,41+,43-/m0/s1. The van der Waals surface area contributed by atoms with E-state index in [1.807, 2.05) is 66.6 Å². The van der Waals surface area contributed by atoms with Crippen LogP contribution in [-0.4, -0.2) is 113 Å². The fraction of sp³-hybridized carbons (Fsp3) is 0.681. The lowest BCUT2D eigenvalue weighted by molar-refractivity contribution is -0.160. The Morgan fingerprint density at radius 2 is 1.69 bits per heavy atom. The van der Waals surface area contributed by atoms with Crippen LogP contribution in [0, 0.1) is 17.8 Å². The predicted octanol–water partition coefficient (Wildman–Crippen LogP) is 6.93. The zero-order valence-electron chi connectivity index (χ0n) is 39.8. The van der Waals surface area contributed by atoms with Gasteiger partial charge in [0.05, 0.1) is 6.04 Å². The van der Waals surface area contributed by atoms with E-state index in [2.05, 4.69) is 15.6 Å². The van der Waals surface area contributed by atoms with Crippen molar-refractivity contribution in [1.82, 2.24) is 25.4 Å². The molecule has 1 aromatic heterocycles. The van der Waals surface area contributed by atoms with Gasteiger partial charge in [0, 0.05) is 49.6 Å². The van der Waals surface area contributed by atoms with Gasteiger partial charge < -0.3 is 34.9 Å². The Labute approximate surface area is 385 Å². The molecule has 0 spiro atoms. The number of phenolic OH excluding ortho intramolecular Hbond substituents is 1. The van der Waals surface area contributed by atoms with E-state index in [0.29, 0.717) is 56.0 Å². The number of thiazole rings is 1. The number of nitrogens with zero attached hydrogens (tertiary/aromatic N) is 3. The van der Waals surface area contributed by atoms with Gasteiger partial charge >= 0.3 is 11.9 Å². The quantitative estimate of drug-likeness (QED) is 0.0431. The lowest BCUT2D eigenvalue weighted by Crippen LogP contribution is -2.59.